The fourth-order valence-corrected chi connectivity index (χ4v) is 3.60. The maximum Gasteiger partial charge on any atom is 0.246 e. The van der Waals surface area contributed by atoms with Crippen molar-refractivity contribution in [3.8, 4) is 6.07 Å². The van der Waals surface area contributed by atoms with Crippen molar-refractivity contribution in [2.24, 2.45) is 0 Å². The van der Waals surface area contributed by atoms with Gasteiger partial charge in [0.05, 0.1) is 30.4 Å². The predicted molar refractivity (Wildman–Crippen MR) is 101 cm³/mol. The first-order valence-corrected chi connectivity index (χ1v) is 9.42. The smallest absolute Gasteiger partial charge is 0.246 e. The summed E-state index contributed by atoms with van der Waals surface area (Å²) >= 11 is 0. The van der Waals surface area contributed by atoms with E-state index in [0.717, 1.165) is 13.1 Å². The molecule has 0 radical (unpaired) electrons. The van der Waals surface area contributed by atoms with Crippen molar-refractivity contribution < 1.29 is 14.3 Å². The highest BCUT2D eigenvalue weighted by atomic mass is 16.5. The van der Waals surface area contributed by atoms with E-state index in [1.165, 1.54) is 0 Å². The molecule has 0 aliphatic carbocycles. The Morgan fingerprint density at radius 2 is 2.07 bits per heavy atom. The van der Waals surface area contributed by atoms with Gasteiger partial charge in [-0.2, -0.15) is 5.26 Å². The normalized spacial score (nSPS) is 21.4. The van der Waals surface area contributed by atoms with E-state index in [-0.39, 0.29) is 24.5 Å². The van der Waals surface area contributed by atoms with E-state index in [2.05, 4.69) is 24.8 Å². The Hall–Kier alpha value is -2.43. The molecule has 3 rings (SSSR count). The van der Waals surface area contributed by atoms with Crippen LogP contribution in [-0.2, 0) is 14.3 Å². The van der Waals surface area contributed by atoms with Crippen molar-refractivity contribution in [3.05, 3.63) is 29.8 Å². The lowest BCUT2D eigenvalue weighted by Gasteiger charge is -2.37. The van der Waals surface area contributed by atoms with E-state index in [1.807, 2.05) is 6.07 Å². The van der Waals surface area contributed by atoms with Crippen molar-refractivity contribution in [2.45, 2.75) is 32.4 Å². The highest BCUT2D eigenvalue weighted by Crippen LogP contribution is 2.22. The molecule has 1 aromatic rings. The van der Waals surface area contributed by atoms with Gasteiger partial charge in [0.15, 0.2) is 0 Å². The molecule has 144 valence electrons. The number of carbonyl (C=O) groups excluding carboxylic acids is 2. The third-order valence-corrected chi connectivity index (χ3v) is 5.19. The number of anilines is 1. The number of benzene rings is 1. The summed E-state index contributed by atoms with van der Waals surface area (Å²) in [5, 5.41) is 9.25. The third kappa shape index (κ3) is 4.46. The number of rotatable bonds is 4. The van der Waals surface area contributed by atoms with Gasteiger partial charge in [-0.05, 0) is 26.0 Å². The molecule has 1 aromatic carbocycles. The van der Waals surface area contributed by atoms with Crippen LogP contribution in [0.25, 0.3) is 0 Å². The number of nitrogens with zero attached hydrogens (tertiary/aromatic N) is 4. The number of piperazine rings is 1. The maximum absolute atomic E-state index is 12.7. The molecule has 0 bridgehead atoms. The number of carbonyl (C=O) groups is 2. The molecule has 2 aliphatic rings. The van der Waals surface area contributed by atoms with E-state index in [0.29, 0.717) is 43.4 Å². The van der Waals surface area contributed by atoms with E-state index < -0.39 is 0 Å². The SMILES string of the molecule is CC(C)N1CCO[C@@H](CC(=O)N2CCN(c3ccccc3C#N)C(=O)C2)C1. The molecule has 2 saturated heterocycles. The van der Waals surface area contributed by atoms with Crippen molar-refractivity contribution >= 4 is 17.5 Å². The van der Waals surface area contributed by atoms with Crippen LogP contribution in [0.15, 0.2) is 24.3 Å². The van der Waals surface area contributed by atoms with Gasteiger partial charge < -0.3 is 14.5 Å². The van der Waals surface area contributed by atoms with Crippen molar-refractivity contribution in [1.29, 1.82) is 5.26 Å². The van der Waals surface area contributed by atoms with Crippen LogP contribution in [0, 0.1) is 11.3 Å². The second kappa shape index (κ2) is 8.51. The van der Waals surface area contributed by atoms with Crippen molar-refractivity contribution in [3.63, 3.8) is 0 Å². The van der Waals surface area contributed by atoms with Gasteiger partial charge >= 0.3 is 0 Å². The summed E-state index contributed by atoms with van der Waals surface area (Å²) in [4.78, 5) is 30.8. The summed E-state index contributed by atoms with van der Waals surface area (Å²) in [5.41, 5.74) is 1.08. The second-order valence-electron chi connectivity index (χ2n) is 7.28. The molecule has 27 heavy (non-hydrogen) atoms. The van der Waals surface area contributed by atoms with Crippen molar-refractivity contribution in [1.82, 2.24) is 9.80 Å². The molecule has 2 fully saturated rings. The zero-order chi connectivity index (χ0) is 19.4. The lowest BCUT2D eigenvalue weighted by molar-refractivity contribution is -0.141. The van der Waals surface area contributed by atoms with E-state index in [9.17, 15) is 14.9 Å². The van der Waals surface area contributed by atoms with E-state index >= 15 is 0 Å². The fourth-order valence-electron chi connectivity index (χ4n) is 3.60. The molecule has 0 unspecified atom stereocenters. The molecule has 2 aliphatic heterocycles. The largest absolute Gasteiger partial charge is 0.375 e. The molecule has 7 heteroatoms. The standard InChI is InChI=1S/C20H26N4O3/c1-15(2)22-9-10-27-17(13-22)11-19(25)23-7-8-24(20(26)14-23)18-6-4-3-5-16(18)12-21/h3-6,15,17H,7-11,13-14H2,1-2H3/t17-/m0/s1. The first kappa shape index (κ1) is 19.3. The minimum atomic E-state index is -0.161. The Bertz CT molecular complexity index is 743. The molecule has 2 heterocycles. The molecule has 1 atom stereocenters. The van der Waals surface area contributed by atoms with Crippen LogP contribution < -0.4 is 4.90 Å². The minimum absolute atomic E-state index is 0.0409. The van der Waals surface area contributed by atoms with Crippen LogP contribution in [0.2, 0.25) is 0 Å². The predicted octanol–water partition coefficient (Wildman–Crippen LogP) is 1.23. The summed E-state index contributed by atoms with van der Waals surface area (Å²) in [5.74, 6) is -0.210. The van der Waals surface area contributed by atoms with Gasteiger partial charge in [-0.3, -0.25) is 14.5 Å². The Balaban J connectivity index is 1.58. The monoisotopic (exact) mass is 370 g/mol. The molecule has 7 nitrogen and oxygen atoms in total. The Morgan fingerprint density at radius 1 is 1.30 bits per heavy atom. The second-order valence-corrected chi connectivity index (χ2v) is 7.28. The van der Waals surface area contributed by atoms with Gasteiger partial charge in [0.1, 0.15) is 12.6 Å². The number of amides is 2. The lowest BCUT2D eigenvalue weighted by Crippen LogP contribution is -2.54. The third-order valence-electron chi connectivity index (χ3n) is 5.19. The quantitative estimate of drug-likeness (QED) is 0.797. The molecule has 0 aromatic heterocycles. The van der Waals surface area contributed by atoms with Gasteiger partial charge in [-0.1, -0.05) is 12.1 Å². The molecule has 2 amide bonds. The Kier molecular flexibility index (Phi) is 6.09. The Morgan fingerprint density at radius 3 is 2.78 bits per heavy atom. The molecule has 0 saturated carbocycles. The number of nitriles is 1. The van der Waals surface area contributed by atoms with Gasteiger partial charge in [0.25, 0.3) is 0 Å². The van der Waals surface area contributed by atoms with Crippen LogP contribution in [0.4, 0.5) is 5.69 Å². The van der Waals surface area contributed by atoms with Gasteiger partial charge in [-0.25, -0.2) is 0 Å². The first-order chi connectivity index (χ1) is 13.0. The molecular formula is C20H26N4O3. The number of para-hydroxylation sites is 1. The summed E-state index contributed by atoms with van der Waals surface area (Å²) in [6.45, 7) is 7.44. The zero-order valence-corrected chi connectivity index (χ0v) is 15.9. The lowest BCUT2D eigenvalue weighted by atomic mass is 10.1. The summed E-state index contributed by atoms with van der Waals surface area (Å²) in [7, 11) is 0. The minimum Gasteiger partial charge on any atom is -0.375 e. The van der Waals surface area contributed by atoms with Crippen LogP contribution >= 0.6 is 0 Å². The highest BCUT2D eigenvalue weighted by Gasteiger charge is 2.31. The van der Waals surface area contributed by atoms with E-state index in [1.54, 1.807) is 28.0 Å². The maximum atomic E-state index is 12.7. The van der Waals surface area contributed by atoms with Crippen LogP contribution in [0.3, 0.4) is 0 Å². The zero-order valence-electron chi connectivity index (χ0n) is 15.9. The number of hydrogen-bond acceptors (Lipinski definition) is 5. The van der Waals surface area contributed by atoms with Crippen LogP contribution in [0.1, 0.15) is 25.8 Å². The van der Waals surface area contributed by atoms with Crippen molar-refractivity contribution in [2.75, 3.05) is 44.2 Å². The Labute approximate surface area is 160 Å². The number of morpholine rings is 1. The highest BCUT2D eigenvalue weighted by molar-refractivity contribution is 5.98. The first-order valence-electron chi connectivity index (χ1n) is 9.42. The molecule has 0 N–H and O–H groups in total. The van der Waals surface area contributed by atoms with Gasteiger partial charge in [0, 0.05) is 32.2 Å². The average Bonchev–Trinajstić information content (AvgIpc) is 2.68. The fraction of sp³-hybridized carbons (Fsp3) is 0.550. The molecular weight excluding hydrogens is 344 g/mol. The summed E-state index contributed by atoms with van der Waals surface area (Å²) in [6, 6.07) is 9.59. The average molecular weight is 370 g/mol. The van der Waals surface area contributed by atoms with E-state index in [4.69, 9.17) is 4.74 Å². The van der Waals surface area contributed by atoms with Crippen LogP contribution in [-0.4, -0.2) is 73.1 Å². The summed E-state index contributed by atoms with van der Waals surface area (Å²) < 4.78 is 5.75. The number of ether oxygens (including phenoxy) is 1. The number of hydrogen-bond donors (Lipinski definition) is 0. The van der Waals surface area contributed by atoms with Gasteiger partial charge in [-0.15, -0.1) is 0 Å². The van der Waals surface area contributed by atoms with Crippen LogP contribution in [0.5, 0.6) is 0 Å². The van der Waals surface area contributed by atoms with Gasteiger partial charge in [0.2, 0.25) is 11.8 Å². The topological polar surface area (TPSA) is 76.9 Å². The summed E-state index contributed by atoms with van der Waals surface area (Å²) in [6.07, 6.45) is 0.173. The molecule has 0 spiro atoms.